The van der Waals surface area contributed by atoms with Gasteiger partial charge in [-0.1, -0.05) is 50.5 Å². The van der Waals surface area contributed by atoms with E-state index in [4.69, 9.17) is 0 Å². The summed E-state index contributed by atoms with van der Waals surface area (Å²) in [5.41, 5.74) is 2.93. The average molecular weight is 348 g/mol. The number of hydrogen-bond donors (Lipinski definition) is 2. The highest BCUT2D eigenvalue weighted by molar-refractivity contribution is 5.77. The van der Waals surface area contributed by atoms with Crippen LogP contribution in [-0.2, 0) is 9.53 Å². The second kappa shape index (κ2) is 11.9. The number of hydrogen-bond acceptors (Lipinski definition) is 4. The minimum atomic E-state index is -2.48. The molecule has 0 unspecified atom stereocenters. The standard InChI is InChI=1S/C21H32O4/c1-3-4-5-6-7-9-13-18-15-12-16-19(18)14-10-8-11-17-21(23,24)20(22)25-2/h9-13,15,18-19,23-24H,3-7,14,16-17H2,1-2H3/t8?,18-,19-/m0/s1. The lowest BCUT2D eigenvalue weighted by Gasteiger charge is -2.15. The molecule has 0 bridgehead atoms. The number of allylic oxidation sites excluding steroid dienone is 4. The molecular weight excluding hydrogens is 316 g/mol. The normalized spacial score (nSPS) is 19.8. The minimum Gasteiger partial charge on any atom is -0.465 e. The van der Waals surface area contributed by atoms with Gasteiger partial charge >= 0.3 is 5.97 Å². The largest absolute Gasteiger partial charge is 0.465 e. The molecule has 2 atom stereocenters. The summed E-state index contributed by atoms with van der Waals surface area (Å²) in [4.78, 5) is 11.1. The van der Waals surface area contributed by atoms with Crippen molar-refractivity contribution in [2.45, 2.75) is 64.1 Å². The van der Waals surface area contributed by atoms with Crippen LogP contribution < -0.4 is 0 Å². The van der Waals surface area contributed by atoms with Crippen molar-refractivity contribution >= 4 is 5.97 Å². The van der Waals surface area contributed by atoms with Gasteiger partial charge in [-0.15, -0.1) is 5.73 Å². The number of methoxy groups -OCH3 is 1. The van der Waals surface area contributed by atoms with Gasteiger partial charge in [-0.25, -0.2) is 4.79 Å². The monoisotopic (exact) mass is 348 g/mol. The molecule has 0 saturated heterocycles. The van der Waals surface area contributed by atoms with Gasteiger partial charge in [-0.3, -0.25) is 0 Å². The van der Waals surface area contributed by atoms with Crippen molar-refractivity contribution in [1.82, 2.24) is 0 Å². The van der Waals surface area contributed by atoms with Crippen LogP contribution in [0.25, 0.3) is 0 Å². The predicted molar refractivity (Wildman–Crippen MR) is 99.7 cm³/mol. The van der Waals surface area contributed by atoms with E-state index >= 15 is 0 Å². The SMILES string of the molecule is CCCCCCC=C[C@H]1C=CC[C@@H]1CC=C=CCC(O)(O)C(=O)OC. The van der Waals surface area contributed by atoms with Gasteiger partial charge in [0.15, 0.2) is 0 Å². The van der Waals surface area contributed by atoms with Crippen LogP contribution in [0, 0.1) is 11.8 Å². The van der Waals surface area contributed by atoms with Crippen molar-refractivity contribution < 1.29 is 19.7 Å². The summed E-state index contributed by atoms with van der Waals surface area (Å²) >= 11 is 0. The Morgan fingerprint density at radius 1 is 1.32 bits per heavy atom. The fourth-order valence-electron chi connectivity index (χ4n) is 2.89. The van der Waals surface area contributed by atoms with Crippen molar-refractivity contribution in [3.05, 3.63) is 42.2 Å². The number of esters is 1. The van der Waals surface area contributed by atoms with Gasteiger partial charge in [0.1, 0.15) is 0 Å². The van der Waals surface area contributed by atoms with Gasteiger partial charge in [0.25, 0.3) is 5.79 Å². The first-order valence-electron chi connectivity index (χ1n) is 9.27. The molecular formula is C21H32O4. The summed E-state index contributed by atoms with van der Waals surface area (Å²) in [6.07, 6.45) is 20.4. The lowest BCUT2D eigenvalue weighted by Crippen LogP contribution is -2.38. The van der Waals surface area contributed by atoms with Crippen LogP contribution in [0.5, 0.6) is 0 Å². The molecule has 0 heterocycles. The zero-order valence-corrected chi connectivity index (χ0v) is 15.5. The molecule has 1 rings (SSSR count). The first kappa shape index (κ1) is 21.4. The highest BCUT2D eigenvalue weighted by atomic mass is 16.6. The first-order valence-corrected chi connectivity index (χ1v) is 9.27. The minimum absolute atomic E-state index is 0.236. The number of aliphatic hydroxyl groups is 2. The summed E-state index contributed by atoms with van der Waals surface area (Å²) in [7, 11) is 1.12. The van der Waals surface area contributed by atoms with Crippen molar-refractivity contribution in [3.8, 4) is 0 Å². The highest BCUT2D eigenvalue weighted by Gasteiger charge is 2.32. The van der Waals surface area contributed by atoms with E-state index < -0.39 is 11.8 Å². The molecule has 4 nitrogen and oxygen atoms in total. The fourth-order valence-corrected chi connectivity index (χ4v) is 2.89. The Morgan fingerprint density at radius 2 is 2.12 bits per heavy atom. The van der Waals surface area contributed by atoms with Crippen LogP contribution in [0.1, 0.15) is 58.3 Å². The number of ether oxygens (including phenoxy) is 1. The molecule has 1 aliphatic rings. The van der Waals surface area contributed by atoms with Crippen LogP contribution in [0.4, 0.5) is 0 Å². The number of unbranched alkanes of at least 4 members (excludes halogenated alkanes) is 4. The maximum atomic E-state index is 11.1. The Kier molecular flexibility index (Phi) is 10.2. The zero-order chi connectivity index (χ0) is 18.5. The van der Waals surface area contributed by atoms with E-state index in [1.807, 2.05) is 6.08 Å². The Bertz CT molecular complexity index is 510. The topological polar surface area (TPSA) is 66.8 Å². The predicted octanol–water partition coefficient (Wildman–Crippen LogP) is 4.05. The molecule has 1 aliphatic carbocycles. The first-order chi connectivity index (χ1) is 12.0. The Hall–Kier alpha value is -1.61. The van der Waals surface area contributed by atoms with Crippen molar-refractivity contribution in [2.24, 2.45) is 11.8 Å². The van der Waals surface area contributed by atoms with Crippen LogP contribution in [0.2, 0.25) is 0 Å². The summed E-state index contributed by atoms with van der Waals surface area (Å²) in [6, 6.07) is 0. The molecule has 25 heavy (non-hydrogen) atoms. The van der Waals surface area contributed by atoms with E-state index in [1.54, 1.807) is 0 Å². The second-order valence-corrected chi connectivity index (χ2v) is 6.60. The third-order valence-corrected chi connectivity index (χ3v) is 4.48. The quantitative estimate of drug-likeness (QED) is 0.194. The molecule has 0 fully saturated rings. The molecule has 0 radical (unpaired) electrons. The van der Waals surface area contributed by atoms with Gasteiger partial charge in [0.05, 0.1) is 7.11 Å². The zero-order valence-electron chi connectivity index (χ0n) is 15.5. The molecule has 0 aromatic heterocycles. The Labute approximate surface area is 151 Å². The maximum Gasteiger partial charge on any atom is 0.366 e. The van der Waals surface area contributed by atoms with Crippen LogP contribution in [0.15, 0.2) is 42.2 Å². The van der Waals surface area contributed by atoms with Crippen LogP contribution in [-0.4, -0.2) is 29.1 Å². The molecule has 4 heteroatoms. The van der Waals surface area contributed by atoms with E-state index in [0.717, 1.165) is 26.4 Å². The lowest BCUT2D eigenvalue weighted by molar-refractivity contribution is -0.205. The molecule has 0 saturated carbocycles. The van der Waals surface area contributed by atoms with Crippen molar-refractivity contribution in [3.63, 3.8) is 0 Å². The van der Waals surface area contributed by atoms with E-state index in [0.29, 0.717) is 11.8 Å². The van der Waals surface area contributed by atoms with Gasteiger partial charge < -0.3 is 14.9 Å². The summed E-state index contributed by atoms with van der Waals surface area (Å²) < 4.78 is 4.32. The molecule has 0 amide bonds. The third kappa shape index (κ3) is 8.35. The summed E-state index contributed by atoms with van der Waals surface area (Å²) in [5.74, 6) is -2.54. The summed E-state index contributed by atoms with van der Waals surface area (Å²) in [6.45, 7) is 2.22. The van der Waals surface area contributed by atoms with Gasteiger partial charge in [-0.05, 0) is 49.7 Å². The maximum absolute atomic E-state index is 11.1. The molecule has 0 spiro atoms. The van der Waals surface area contributed by atoms with Gasteiger partial charge in [0, 0.05) is 6.42 Å². The third-order valence-electron chi connectivity index (χ3n) is 4.48. The molecule has 140 valence electrons. The van der Waals surface area contributed by atoms with E-state index in [-0.39, 0.29) is 6.42 Å². The van der Waals surface area contributed by atoms with Gasteiger partial charge in [-0.2, -0.15) is 0 Å². The van der Waals surface area contributed by atoms with E-state index in [9.17, 15) is 15.0 Å². The highest BCUT2D eigenvalue weighted by Crippen LogP contribution is 2.29. The lowest BCUT2D eigenvalue weighted by atomic mass is 9.91. The molecule has 0 aromatic carbocycles. The van der Waals surface area contributed by atoms with Crippen molar-refractivity contribution in [1.29, 1.82) is 0 Å². The number of rotatable bonds is 11. The molecule has 0 aliphatic heterocycles. The smallest absolute Gasteiger partial charge is 0.366 e. The fraction of sp³-hybridized carbons (Fsp3) is 0.619. The summed E-state index contributed by atoms with van der Waals surface area (Å²) in [5, 5.41) is 19.0. The Balaban J connectivity index is 2.36. The number of carbonyl (C=O) groups excluding carboxylic acids is 1. The van der Waals surface area contributed by atoms with Crippen LogP contribution >= 0.6 is 0 Å². The van der Waals surface area contributed by atoms with Crippen molar-refractivity contribution in [2.75, 3.05) is 7.11 Å². The van der Waals surface area contributed by atoms with Crippen LogP contribution in [0.3, 0.4) is 0 Å². The molecule has 2 N–H and O–H groups in total. The van der Waals surface area contributed by atoms with E-state index in [2.05, 4.69) is 41.7 Å². The van der Waals surface area contributed by atoms with Gasteiger partial charge in [0.2, 0.25) is 0 Å². The second-order valence-electron chi connectivity index (χ2n) is 6.60. The molecule has 0 aromatic rings. The van der Waals surface area contributed by atoms with E-state index in [1.165, 1.54) is 31.8 Å². The average Bonchev–Trinajstić information content (AvgIpc) is 3.04. The Morgan fingerprint density at radius 3 is 2.84 bits per heavy atom. The number of carbonyl (C=O) groups is 1.